The molecule has 4 N–H and O–H groups in total. The highest BCUT2D eigenvalue weighted by Gasteiger charge is 2.23. The number of aryl methyl sites for hydroxylation is 2. The van der Waals surface area contributed by atoms with E-state index in [0.717, 1.165) is 0 Å². The van der Waals surface area contributed by atoms with Crippen LogP contribution in [0.2, 0.25) is 5.02 Å². The zero-order valence-corrected chi connectivity index (χ0v) is 12.8. The average Bonchev–Trinajstić information content (AvgIpc) is 2.71. The van der Waals surface area contributed by atoms with Crippen molar-refractivity contribution in [1.82, 2.24) is 10.2 Å². The number of benzene rings is 1. The average molecular weight is 329 g/mol. The number of nitrogens with one attached hydrogen (secondary N) is 2. The first-order chi connectivity index (χ1) is 9.72. The SMILES string of the molecule is Cc1n[nH]c(C)c1S(=O)(=O)Nc1cc(C(N)=O)ccc1Cl. The molecule has 0 aliphatic carbocycles. The highest BCUT2D eigenvalue weighted by Crippen LogP contribution is 2.27. The van der Waals surface area contributed by atoms with Crippen LogP contribution in [-0.4, -0.2) is 24.5 Å². The molecule has 0 aliphatic heterocycles. The molecule has 1 aromatic carbocycles. The van der Waals surface area contributed by atoms with Gasteiger partial charge in [-0.1, -0.05) is 11.6 Å². The van der Waals surface area contributed by atoms with E-state index in [-0.39, 0.29) is 21.2 Å². The van der Waals surface area contributed by atoms with E-state index in [1.54, 1.807) is 13.8 Å². The third kappa shape index (κ3) is 3.01. The monoisotopic (exact) mass is 328 g/mol. The molecule has 0 bridgehead atoms. The number of H-pyrrole nitrogens is 1. The van der Waals surface area contributed by atoms with E-state index >= 15 is 0 Å². The predicted molar refractivity (Wildman–Crippen MR) is 78.8 cm³/mol. The summed E-state index contributed by atoms with van der Waals surface area (Å²) in [6.45, 7) is 3.16. The van der Waals surface area contributed by atoms with Crippen molar-refractivity contribution in [1.29, 1.82) is 0 Å². The molecule has 0 saturated carbocycles. The van der Waals surface area contributed by atoms with Crippen molar-refractivity contribution < 1.29 is 13.2 Å². The Morgan fingerprint density at radius 3 is 2.57 bits per heavy atom. The number of carbonyl (C=O) groups is 1. The van der Waals surface area contributed by atoms with Crippen LogP contribution in [0.5, 0.6) is 0 Å². The van der Waals surface area contributed by atoms with Gasteiger partial charge in [0.05, 0.1) is 22.1 Å². The lowest BCUT2D eigenvalue weighted by molar-refractivity contribution is 0.100. The summed E-state index contributed by atoms with van der Waals surface area (Å²) in [7, 11) is -3.88. The Morgan fingerprint density at radius 2 is 2.05 bits per heavy atom. The number of anilines is 1. The van der Waals surface area contributed by atoms with Crippen LogP contribution in [0.25, 0.3) is 0 Å². The van der Waals surface area contributed by atoms with Crippen LogP contribution in [-0.2, 0) is 10.0 Å². The van der Waals surface area contributed by atoms with Crippen LogP contribution >= 0.6 is 11.6 Å². The molecule has 0 radical (unpaired) electrons. The maximum atomic E-state index is 12.4. The van der Waals surface area contributed by atoms with Crippen LogP contribution in [0.1, 0.15) is 21.7 Å². The van der Waals surface area contributed by atoms with Crippen molar-refractivity contribution in [2.75, 3.05) is 4.72 Å². The molecule has 0 fully saturated rings. The van der Waals surface area contributed by atoms with E-state index in [0.29, 0.717) is 11.4 Å². The largest absolute Gasteiger partial charge is 0.366 e. The fourth-order valence-corrected chi connectivity index (χ4v) is 3.55. The molecule has 9 heteroatoms. The summed E-state index contributed by atoms with van der Waals surface area (Å²) in [5.74, 6) is -0.678. The Kier molecular flexibility index (Phi) is 3.93. The Morgan fingerprint density at radius 1 is 1.38 bits per heavy atom. The second kappa shape index (κ2) is 5.38. The number of halogens is 1. The Hall–Kier alpha value is -2.06. The van der Waals surface area contributed by atoms with Gasteiger partial charge in [-0.05, 0) is 32.0 Å². The van der Waals surface area contributed by atoms with Gasteiger partial charge < -0.3 is 5.73 Å². The van der Waals surface area contributed by atoms with Gasteiger partial charge in [0.25, 0.3) is 10.0 Å². The minimum Gasteiger partial charge on any atom is -0.366 e. The lowest BCUT2D eigenvalue weighted by Crippen LogP contribution is -2.16. The molecule has 0 atom stereocenters. The van der Waals surface area contributed by atoms with Gasteiger partial charge in [0.1, 0.15) is 4.90 Å². The minimum absolute atomic E-state index is 0.0445. The first-order valence-electron chi connectivity index (χ1n) is 5.86. The third-order valence-corrected chi connectivity index (χ3v) is 4.78. The zero-order valence-electron chi connectivity index (χ0n) is 11.3. The van der Waals surface area contributed by atoms with Crippen molar-refractivity contribution >= 4 is 33.2 Å². The van der Waals surface area contributed by atoms with Crippen LogP contribution < -0.4 is 10.5 Å². The van der Waals surface area contributed by atoms with Crippen LogP contribution in [0.15, 0.2) is 23.1 Å². The molecular formula is C12H13ClN4O3S. The van der Waals surface area contributed by atoms with E-state index in [1.807, 2.05) is 0 Å². The smallest absolute Gasteiger partial charge is 0.265 e. The van der Waals surface area contributed by atoms with Gasteiger partial charge in [0.15, 0.2) is 0 Å². The zero-order chi connectivity index (χ0) is 15.8. The van der Waals surface area contributed by atoms with E-state index in [4.69, 9.17) is 17.3 Å². The van der Waals surface area contributed by atoms with Gasteiger partial charge in [-0.2, -0.15) is 5.10 Å². The molecule has 0 unspecified atom stereocenters. The van der Waals surface area contributed by atoms with E-state index in [9.17, 15) is 13.2 Å². The fourth-order valence-electron chi connectivity index (χ4n) is 1.89. The van der Waals surface area contributed by atoms with E-state index < -0.39 is 15.9 Å². The molecule has 0 saturated heterocycles. The molecule has 21 heavy (non-hydrogen) atoms. The highest BCUT2D eigenvalue weighted by atomic mass is 35.5. The molecule has 7 nitrogen and oxygen atoms in total. The van der Waals surface area contributed by atoms with Crippen molar-refractivity contribution in [3.05, 3.63) is 40.2 Å². The van der Waals surface area contributed by atoms with Gasteiger partial charge in [-0.25, -0.2) is 8.42 Å². The van der Waals surface area contributed by atoms with Crippen molar-refractivity contribution in [3.8, 4) is 0 Å². The second-order valence-corrected chi connectivity index (χ2v) is 6.45. The maximum absolute atomic E-state index is 12.4. The number of aromatic amines is 1. The summed E-state index contributed by atoms with van der Waals surface area (Å²) in [6.07, 6.45) is 0. The second-order valence-electron chi connectivity index (χ2n) is 4.43. The first-order valence-corrected chi connectivity index (χ1v) is 7.72. The number of amides is 1. The number of primary amides is 1. The van der Waals surface area contributed by atoms with Crippen LogP contribution in [0, 0.1) is 13.8 Å². The van der Waals surface area contributed by atoms with Gasteiger partial charge in [0.2, 0.25) is 5.91 Å². The Bertz CT molecular complexity index is 794. The van der Waals surface area contributed by atoms with Crippen molar-refractivity contribution in [2.24, 2.45) is 5.73 Å². The predicted octanol–water partition coefficient (Wildman–Crippen LogP) is 1.58. The number of rotatable bonds is 4. The Balaban J connectivity index is 2.46. The number of nitrogens with two attached hydrogens (primary N) is 1. The van der Waals surface area contributed by atoms with Crippen LogP contribution in [0.3, 0.4) is 0 Å². The quantitative estimate of drug-likeness (QED) is 0.789. The summed E-state index contributed by atoms with van der Waals surface area (Å²) >= 11 is 5.95. The standard InChI is InChI=1S/C12H13ClN4O3S/c1-6-11(7(2)16-15-6)21(19,20)17-10-5-8(12(14)18)3-4-9(10)13/h3-5,17H,1-2H3,(H2,14,18)(H,15,16). The van der Waals surface area contributed by atoms with Gasteiger partial charge >= 0.3 is 0 Å². The fraction of sp³-hybridized carbons (Fsp3) is 0.167. The topological polar surface area (TPSA) is 118 Å². The number of hydrogen-bond acceptors (Lipinski definition) is 4. The number of carbonyl (C=O) groups excluding carboxylic acids is 1. The molecular weight excluding hydrogens is 316 g/mol. The van der Waals surface area contributed by atoms with E-state index in [2.05, 4.69) is 14.9 Å². The molecule has 1 heterocycles. The highest BCUT2D eigenvalue weighted by molar-refractivity contribution is 7.92. The molecule has 112 valence electrons. The summed E-state index contributed by atoms with van der Waals surface area (Å²) < 4.78 is 27.1. The van der Waals surface area contributed by atoms with Crippen molar-refractivity contribution in [3.63, 3.8) is 0 Å². The lowest BCUT2D eigenvalue weighted by atomic mass is 10.2. The molecule has 0 spiro atoms. The minimum atomic E-state index is -3.88. The number of hydrogen-bond donors (Lipinski definition) is 3. The summed E-state index contributed by atoms with van der Waals surface area (Å²) in [5.41, 5.74) is 6.13. The Labute approximate surface area is 126 Å². The molecule has 2 rings (SSSR count). The van der Waals surface area contributed by atoms with Gasteiger partial charge in [-0.3, -0.25) is 14.6 Å². The van der Waals surface area contributed by atoms with Gasteiger partial charge in [-0.15, -0.1) is 0 Å². The molecule has 1 amide bonds. The van der Waals surface area contributed by atoms with E-state index in [1.165, 1.54) is 18.2 Å². The number of nitrogens with zero attached hydrogens (tertiary/aromatic N) is 1. The van der Waals surface area contributed by atoms with Crippen LogP contribution in [0.4, 0.5) is 5.69 Å². The first kappa shape index (κ1) is 15.3. The summed E-state index contributed by atoms with van der Waals surface area (Å²) in [4.78, 5) is 11.2. The number of sulfonamides is 1. The summed E-state index contributed by atoms with van der Waals surface area (Å²) in [6, 6.07) is 4.10. The van der Waals surface area contributed by atoms with Crippen molar-refractivity contribution in [2.45, 2.75) is 18.7 Å². The van der Waals surface area contributed by atoms with Gasteiger partial charge in [0, 0.05) is 5.56 Å². The number of aromatic nitrogens is 2. The lowest BCUT2D eigenvalue weighted by Gasteiger charge is -2.10. The summed E-state index contributed by atoms with van der Waals surface area (Å²) in [5, 5.41) is 6.59. The normalized spacial score (nSPS) is 11.4. The molecule has 2 aromatic rings. The third-order valence-electron chi connectivity index (χ3n) is 2.82. The molecule has 0 aliphatic rings. The maximum Gasteiger partial charge on any atom is 0.265 e. The molecule has 1 aromatic heterocycles.